The molecule has 1 aromatic heterocycles. The van der Waals surface area contributed by atoms with Crippen LogP contribution in [-0.2, 0) is 6.42 Å². The molecule has 1 N–H and O–H groups in total. The molecule has 1 aromatic carbocycles. The third kappa shape index (κ3) is 2.90. The molecular formula is C16H22N4. The molecule has 0 aliphatic carbocycles. The van der Waals surface area contributed by atoms with E-state index in [-0.39, 0.29) is 0 Å². The van der Waals surface area contributed by atoms with E-state index in [2.05, 4.69) is 58.3 Å². The summed E-state index contributed by atoms with van der Waals surface area (Å²) in [6.07, 6.45) is 2.54. The Balaban J connectivity index is 2.43. The third-order valence-electron chi connectivity index (χ3n) is 3.30. The average Bonchev–Trinajstić information content (AvgIpc) is 2.47. The number of aromatic nitrogens is 2. The largest absolute Gasteiger partial charge is 0.378 e. The lowest BCUT2D eigenvalue weighted by Gasteiger charge is -2.15. The summed E-state index contributed by atoms with van der Waals surface area (Å²) in [5.74, 6) is 0.941. The highest BCUT2D eigenvalue weighted by atomic mass is 15.1. The van der Waals surface area contributed by atoms with Crippen LogP contribution < -0.4 is 10.2 Å². The van der Waals surface area contributed by atoms with Gasteiger partial charge in [-0.05, 0) is 25.5 Å². The van der Waals surface area contributed by atoms with Gasteiger partial charge >= 0.3 is 0 Å². The molecule has 20 heavy (non-hydrogen) atoms. The van der Waals surface area contributed by atoms with Crippen LogP contribution in [0.3, 0.4) is 0 Å². The average molecular weight is 270 g/mol. The van der Waals surface area contributed by atoms with Gasteiger partial charge in [-0.2, -0.15) is 0 Å². The van der Waals surface area contributed by atoms with E-state index < -0.39 is 0 Å². The summed E-state index contributed by atoms with van der Waals surface area (Å²) >= 11 is 0. The standard InChI is InChI=1S/C16H22N4/c1-5-14-15(18-11-19-16(14)17-6-2)12-7-9-13(10-8-12)20(3)4/h7-11H,5-6H2,1-4H3,(H,17,18,19). The number of rotatable bonds is 5. The second kappa shape index (κ2) is 6.37. The molecule has 0 unspecified atom stereocenters. The predicted octanol–water partition coefficient (Wildman–Crippen LogP) is 3.20. The number of hydrogen-bond donors (Lipinski definition) is 1. The Labute approximate surface area is 120 Å². The fraction of sp³-hybridized carbons (Fsp3) is 0.375. The smallest absolute Gasteiger partial charge is 0.133 e. The van der Waals surface area contributed by atoms with Gasteiger partial charge in [0.15, 0.2) is 0 Å². The first-order chi connectivity index (χ1) is 9.67. The molecule has 0 fully saturated rings. The van der Waals surface area contributed by atoms with Crippen molar-refractivity contribution in [3.63, 3.8) is 0 Å². The van der Waals surface area contributed by atoms with Crippen LogP contribution in [0.15, 0.2) is 30.6 Å². The van der Waals surface area contributed by atoms with Gasteiger partial charge in [0.25, 0.3) is 0 Å². The van der Waals surface area contributed by atoms with Crippen molar-refractivity contribution in [2.45, 2.75) is 20.3 Å². The summed E-state index contributed by atoms with van der Waals surface area (Å²) in [6.45, 7) is 5.08. The first-order valence-corrected chi connectivity index (χ1v) is 7.02. The van der Waals surface area contributed by atoms with Crippen LogP contribution in [0, 0.1) is 0 Å². The van der Waals surface area contributed by atoms with Gasteiger partial charge in [0, 0.05) is 37.5 Å². The Hall–Kier alpha value is -2.10. The fourth-order valence-corrected chi connectivity index (χ4v) is 2.23. The maximum Gasteiger partial charge on any atom is 0.133 e. The quantitative estimate of drug-likeness (QED) is 0.906. The number of nitrogens with zero attached hydrogens (tertiary/aromatic N) is 3. The van der Waals surface area contributed by atoms with Crippen LogP contribution >= 0.6 is 0 Å². The molecule has 1 heterocycles. The van der Waals surface area contributed by atoms with Gasteiger partial charge in [-0.15, -0.1) is 0 Å². The molecule has 106 valence electrons. The van der Waals surface area contributed by atoms with E-state index in [4.69, 9.17) is 0 Å². The summed E-state index contributed by atoms with van der Waals surface area (Å²) in [6, 6.07) is 8.46. The van der Waals surface area contributed by atoms with E-state index >= 15 is 0 Å². The van der Waals surface area contributed by atoms with Crippen LogP contribution in [0.25, 0.3) is 11.3 Å². The highest BCUT2D eigenvalue weighted by molar-refractivity contribution is 5.70. The van der Waals surface area contributed by atoms with Crippen molar-refractivity contribution < 1.29 is 0 Å². The Morgan fingerprint density at radius 3 is 2.30 bits per heavy atom. The Morgan fingerprint density at radius 1 is 1.05 bits per heavy atom. The van der Waals surface area contributed by atoms with E-state index in [9.17, 15) is 0 Å². The highest BCUT2D eigenvalue weighted by Crippen LogP contribution is 2.27. The van der Waals surface area contributed by atoms with Crippen LogP contribution in [0.1, 0.15) is 19.4 Å². The maximum absolute atomic E-state index is 4.47. The first-order valence-electron chi connectivity index (χ1n) is 7.02. The van der Waals surface area contributed by atoms with E-state index in [1.165, 1.54) is 11.3 Å². The molecule has 0 aliphatic heterocycles. The van der Waals surface area contributed by atoms with Crippen LogP contribution in [-0.4, -0.2) is 30.6 Å². The molecule has 0 saturated carbocycles. The summed E-state index contributed by atoms with van der Waals surface area (Å²) in [4.78, 5) is 10.9. The van der Waals surface area contributed by atoms with Crippen LogP contribution in [0.5, 0.6) is 0 Å². The van der Waals surface area contributed by atoms with Gasteiger partial charge in [0.2, 0.25) is 0 Å². The number of anilines is 2. The first kappa shape index (κ1) is 14.3. The molecule has 0 aliphatic rings. The van der Waals surface area contributed by atoms with Gasteiger partial charge in [-0.1, -0.05) is 19.1 Å². The van der Waals surface area contributed by atoms with Crippen molar-refractivity contribution in [2.75, 3.05) is 30.9 Å². The number of hydrogen-bond acceptors (Lipinski definition) is 4. The third-order valence-corrected chi connectivity index (χ3v) is 3.30. The SMILES string of the molecule is CCNc1ncnc(-c2ccc(N(C)C)cc2)c1CC. The van der Waals surface area contributed by atoms with E-state index in [0.717, 1.165) is 30.0 Å². The van der Waals surface area contributed by atoms with Crippen molar-refractivity contribution in [1.29, 1.82) is 0 Å². The molecule has 2 rings (SSSR count). The van der Waals surface area contributed by atoms with Gasteiger partial charge < -0.3 is 10.2 Å². The lowest BCUT2D eigenvalue weighted by atomic mass is 10.0. The Kier molecular flexibility index (Phi) is 4.56. The minimum Gasteiger partial charge on any atom is -0.378 e. The monoisotopic (exact) mass is 270 g/mol. The number of nitrogens with one attached hydrogen (secondary N) is 1. The Bertz CT molecular complexity index is 561. The zero-order valence-corrected chi connectivity index (χ0v) is 12.6. The molecule has 2 aromatic rings. The van der Waals surface area contributed by atoms with E-state index in [1.807, 2.05) is 14.1 Å². The molecule has 0 atom stereocenters. The van der Waals surface area contributed by atoms with Gasteiger partial charge in [0.1, 0.15) is 12.1 Å². The van der Waals surface area contributed by atoms with E-state index in [0.29, 0.717) is 0 Å². The molecule has 0 amide bonds. The zero-order valence-electron chi connectivity index (χ0n) is 12.6. The molecule has 0 radical (unpaired) electrons. The van der Waals surface area contributed by atoms with Gasteiger partial charge in [-0.25, -0.2) is 9.97 Å². The van der Waals surface area contributed by atoms with Crippen molar-refractivity contribution in [3.05, 3.63) is 36.2 Å². The van der Waals surface area contributed by atoms with Crippen LogP contribution in [0.2, 0.25) is 0 Å². The lowest BCUT2D eigenvalue weighted by molar-refractivity contribution is 1.03. The van der Waals surface area contributed by atoms with Crippen molar-refractivity contribution in [1.82, 2.24) is 9.97 Å². The second-order valence-corrected chi connectivity index (χ2v) is 4.87. The minimum absolute atomic E-state index is 0.864. The molecule has 4 heteroatoms. The summed E-state index contributed by atoms with van der Waals surface area (Å²) in [7, 11) is 4.08. The minimum atomic E-state index is 0.864. The number of benzene rings is 1. The van der Waals surface area contributed by atoms with Gasteiger partial charge in [0.05, 0.1) is 5.69 Å². The fourth-order valence-electron chi connectivity index (χ4n) is 2.23. The highest BCUT2D eigenvalue weighted by Gasteiger charge is 2.11. The molecule has 0 spiro atoms. The summed E-state index contributed by atoms with van der Waals surface area (Å²) < 4.78 is 0. The predicted molar refractivity (Wildman–Crippen MR) is 85.3 cm³/mol. The van der Waals surface area contributed by atoms with Crippen molar-refractivity contribution in [2.24, 2.45) is 0 Å². The summed E-state index contributed by atoms with van der Waals surface area (Å²) in [5.41, 5.74) is 4.51. The van der Waals surface area contributed by atoms with Gasteiger partial charge in [-0.3, -0.25) is 0 Å². The molecule has 0 bridgehead atoms. The van der Waals surface area contributed by atoms with Crippen LogP contribution in [0.4, 0.5) is 11.5 Å². The topological polar surface area (TPSA) is 41.1 Å². The zero-order chi connectivity index (χ0) is 14.5. The molecular weight excluding hydrogens is 248 g/mol. The summed E-state index contributed by atoms with van der Waals surface area (Å²) in [5, 5.41) is 3.31. The lowest BCUT2D eigenvalue weighted by Crippen LogP contribution is -2.08. The maximum atomic E-state index is 4.47. The van der Waals surface area contributed by atoms with E-state index in [1.54, 1.807) is 6.33 Å². The van der Waals surface area contributed by atoms with Crippen molar-refractivity contribution in [3.8, 4) is 11.3 Å². The molecule has 0 saturated heterocycles. The molecule has 4 nitrogen and oxygen atoms in total. The second-order valence-electron chi connectivity index (χ2n) is 4.87. The Morgan fingerprint density at radius 2 is 1.75 bits per heavy atom. The normalized spacial score (nSPS) is 10.4. The van der Waals surface area contributed by atoms with Crippen molar-refractivity contribution >= 4 is 11.5 Å².